The standard InChI is InChI=1S/C44H50F2N12O6/c1-52-37-26(3-2-4-32(37)58(43(52)63)33-9-10-35(59)50-41(33)61)19-53-23-44(24-53)12-15-54(16-13-44)42(62)25-5-7-27(8-6-25)57-21-31(36(51-57)38(45)46)48-40(60)30-18-47-56-14-11-34(49-39(30)56)55-20-29-17-28(55)22-64-29/h2-4,11,14,18,21,25,27-29,33,38H,5-10,12-13,15-17,19-20,22-24H2,1H3,(H,48,60)(H,50,59,61)/t25?,27?,28-,29-,33?/m1/s1. The molecule has 2 N–H and O–H groups in total. The molecule has 11 rings (SSSR count). The predicted octanol–water partition coefficient (Wildman–Crippen LogP) is 3.58. The van der Waals surface area contributed by atoms with Crippen LogP contribution in [0, 0.1) is 11.3 Å². The van der Waals surface area contributed by atoms with E-state index < -0.39 is 30.0 Å². The zero-order valence-corrected chi connectivity index (χ0v) is 35.5. The minimum Gasteiger partial charge on any atom is -0.374 e. The molecule has 1 spiro atoms. The Labute approximate surface area is 365 Å². The van der Waals surface area contributed by atoms with Crippen molar-refractivity contribution >= 4 is 51.8 Å². The van der Waals surface area contributed by atoms with Gasteiger partial charge in [0.1, 0.15) is 17.4 Å². The molecular weight excluding hydrogens is 831 g/mol. The Bertz CT molecular complexity index is 2750. The van der Waals surface area contributed by atoms with E-state index in [1.807, 2.05) is 29.2 Å². The van der Waals surface area contributed by atoms with Crippen molar-refractivity contribution in [2.75, 3.05) is 49.5 Å². The first kappa shape index (κ1) is 40.7. The average molecular weight is 881 g/mol. The van der Waals surface area contributed by atoms with Crippen LogP contribution in [0.1, 0.15) is 97.9 Å². The number of nitrogens with zero attached hydrogens (tertiary/aromatic N) is 10. The molecule has 18 nitrogen and oxygen atoms in total. The second kappa shape index (κ2) is 15.6. The van der Waals surface area contributed by atoms with E-state index in [2.05, 4.69) is 30.6 Å². The van der Waals surface area contributed by atoms with E-state index in [4.69, 9.17) is 9.72 Å². The molecular formula is C44H50F2N12O6. The number of alkyl halides is 2. The minimum absolute atomic E-state index is 0.0638. The lowest BCUT2D eigenvalue weighted by Crippen LogP contribution is -2.60. The highest BCUT2D eigenvalue weighted by atomic mass is 19.3. The fourth-order valence-electron chi connectivity index (χ4n) is 11.4. The zero-order chi connectivity index (χ0) is 44.0. The summed E-state index contributed by atoms with van der Waals surface area (Å²) >= 11 is 0. The fraction of sp³-hybridized carbons (Fsp3) is 0.545. The van der Waals surface area contributed by atoms with Gasteiger partial charge in [0.25, 0.3) is 12.3 Å². The summed E-state index contributed by atoms with van der Waals surface area (Å²) in [6, 6.07) is 6.93. The van der Waals surface area contributed by atoms with E-state index in [9.17, 15) is 32.8 Å². The van der Waals surface area contributed by atoms with Gasteiger partial charge in [0, 0.05) is 71.0 Å². The summed E-state index contributed by atoms with van der Waals surface area (Å²) in [4.78, 5) is 76.5. The van der Waals surface area contributed by atoms with Crippen LogP contribution in [0.25, 0.3) is 16.7 Å². The SMILES string of the molecule is Cn1c(=O)n(C2CCC(=O)NC2=O)c2cccc(CN3CC4(CCN(C(=O)C5CCC(n6cc(NC(=O)c7cnn8ccc(N9C[C@H]%10C[C@@H]9CO%10)nc78)c(C(F)F)n6)CC5)CC4)C3)c21. The van der Waals surface area contributed by atoms with Crippen LogP contribution in [0.3, 0.4) is 0 Å². The van der Waals surface area contributed by atoms with Crippen LogP contribution < -0.4 is 21.2 Å². The van der Waals surface area contributed by atoms with Gasteiger partial charge < -0.3 is 19.9 Å². The van der Waals surface area contributed by atoms with Gasteiger partial charge in [0.05, 0.1) is 47.7 Å². The van der Waals surface area contributed by atoms with E-state index in [-0.39, 0.29) is 71.1 Å². The van der Waals surface area contributed by atoms with Crippen molar-refractivity contribution in [2.24, 2.45) is 18.4 Å². The molecule has 1 saturated carbocycles. The molecule has 6 aliphatic rings. The van der Waals surface area contributed by atoms with E-state index in [1.54, 1.807) is 17.8 Å². The molecule has 1 aliphatic carbocycles. The molecule has 20 heteroatoms. The van der Waals surface area contributed by atoms with Gasteiger partial charge in [0.15, 0.2) is 11.3 Å². The highest BCUT2D eigenvalue weighted by Gasteiger charge is 2.46. The molecule has 5 aromatic rings. The maximum absolute atomic E-state index is 14.3. The fourth-order valence-corrected chi connectivity index (χ4v) is 11.4. The summed E-state index contributed by atoms with van der Waals surface area (Å²) < 4.78 is 40.5. The minimum atomic E-state index is -2.91. The second-order valence-corrected chi connectivity index (χ2v) is 18.7. The van der Waals surface area contributed by atoms with Crippen molar-refractivity contribution in [1.29, 1.82) is 0 Å². The number of rotatable bonds is 9. The molecule has 4 aromatic heterocycles. The number of aryl methyl sites for hydroxylation is 1. The second-order valence-electron chi connectivity index (χ2n) is 18.7. The number of likely N-dealkylation sites (tertiary alicyclic amines) is 2. The van der Waals surface area contributed by atoms with Crippen molar-refractivity contribution < 1.29 is 32.7 Å². The Morgan fingerprint density at radius 2 is 1.83 bits per heavy atom. The number of anilines is 2. The van der Waals surface area contributed by atoms with E-state index in [0.717, 1.165) is 50.0 Å². The van der Waals surface area contributed by atoms with Crippen LogP contribution in [0.15, 0.2) is 47.7 Å². The van der Waals surface area contributed by atoms with Crippen molar-refractivity contribution in [1.82, 2.24) is 48.6 Å². The number of imide groups is 1. The van der Waals surface area contributed by atoms with Crippen LogP contribution >= 0.6 is 0 Å². The smallest absolute Gasteiger partial charge is 0.329 e. The van der Waals surface area contributed by atoms with Gasteiger partial charge >= 0.3 is 5.69 Å². The molecule has 5 saturated heterocycles. The molecule has 4 amide bonds. The summed E-state index contributed by atoms with van der Waals surface area (Å²) in [7, 11) is 1.72. The maximum atomic E-state index is 14.3. The Morgan fingerprint density at radius 3 is 2.55 bits per heavy atom. The molecule has 336 valence electrons. The number of piperidine rings is 2. The Morgan fingerprint density at radius 1 is 1.03 bits per heavy atom. The number of carbonyl (C=O) groups is 4. The Balaban J connectivity index is 0.683. The lowest BCUT2D eigenvalue weighted by atomic mass is 9.71. The first-order valence-corrected chi connectivity index (χ1v) is 22.4. The first-order chi connectivity index (χ1) is 30.9. The van der Waals surface area contributed by atoms with Gasteiger partial charge in [0.2, 0.25) is 17.7 Å². The number of hydrogen-bond donors (Lipinski definition) is 2. The van der Waals surface area contributed by atoms with Crippen LogP contribution in [-0.2, 0) is 32.7 Å². The summed E-state index contributed by atoms with van der Waals surface area (Å²) in [6.07, 6.45) is 7.48. The van der Waals surface area contributed by atoms with Gasteiger partial charge in [-0.05, 0) is 74.5 Å². The number of benzene rings is 1. The topological polar surface area (TPSA) is 186 Å². The molecule has 1 unspecified atom stereocenters. The third-order valence-electron chi connectivity index (χ3n) is 14.8. The molecule has 64 heavy (non-hydrogen) atoms. The van der Waals surface area contributed by atoms with Crippen molar-refractivity contribution in [3.05, 3.63) is 70.2 Å². The van der Waals surface area contributed by atoms with Crippen LogP contribution in [0.5, 0.6) is 0 Å². The van der Waals surface area contributed by atoms with Crippen LogP contribution in [0.4, 0.5) is 20.3 Å². The zero-order valence-electron chi connectivity index (χ0n) is 35.5. The number of carbonyl (C=O) groups excluding carboxylic acids is 4. The van der Waals surface area contributed by atoms with Crippen molar-refractivity contribution in [3.8, 4) is 0 Å². The van der Waals surface area contributed by atoms with Crippen molar-refractivity contribution in [2.45, 2.75) is 95.0 Å². The summed E-state index contributed by atoms with van der Waals surface area (Å²) in [5.41, 5.74) is 2.22. The average Bonchev–Trinajstić information content (AvgIpc) is 4.13. The van der Waals surface area contributed by atoms with Crippen LogP contribution in [-0.4, -0.2) is 118 Å². The monoisotopic (exact) mass is 880 g/mol. The van der Waals surface area contributed by atoms with Gasteiger partial charge in [-0.1, -0.05) is 12.1 Å². The Kier molecular flexibility index (Phi) is 9.93. The molecule has 5 aliphatic heterocycles. The Hall–Kier alpha value is -6.02. The van der Waals surface area contributed by atoms with Gasteiger partial charge in [-0.2, -0.15) is 10.2 Å². The lowest BCUT2D eigenvalue weighted by molar-refractivity contribution is -0.142. The molecule has 6 fully saturated rings. The number of hydrogen-bond acceptors (Lipinski definition) is 11. The lowest BCUT2D eigenvalue weighted by Gasteiger charge is -2.54. The number of aromatic nitrogens is 7. The number of amides is 4. The number of halogens is 2. The van der Waals surface area contributed by atoms with E-state index >= 15 is 0 Å². The van der Waals surface area contributed by atoms with Gasteiger partial charge in [-0.25, -0.2) is 23.1 Å². The van der Waals surface area contributed by atoms with E-state index in [1.165, 1.54) is 26.2 Å². The molecule has 0 radical (unpaired) electrons. The van der Waals surface area contributed by atoms with Gasteiger partial charge in [-0.15, -0.1) is 0 Å². The number of para-hydroxylation sites is 1. The normalized spacial score (nSPS) is 25.8. The number of imidazole rings is 1. The number of fused-ring (bicyclic) bond motifs is 4. The van der Waals surface area contributed by atoms with E-state index in [0.29, 0.717) is 68.9 Å². The molecule has 9 heterocycles. The molecule has 2 bridgehead atoms. The summed E-state index contributed by atoms with van der Waals surface area (Å²) in [5.74, 6) is -0.675. The largest absolute Gasteiger partial charge is 0.374 e. The highest BCUT2D eigenvalue weighted by molar-refractivity contribution is 6.08. The molecule has 1 aromatic carbocycles. The summed E-state index contributed by atoms with van der Waals surface area (Å²) in [5, 5.41) is 13.5. The quantitative estimate of drug-likeness (QED) is 0.206. The highest BCUT2D eigenvalue weighted by Crippen LogP contribution is 2.43. The summed E-state index contributed by atoms with van der Waals surface area (Å²) in [6.45, 7) is 5.14. The number of nitrogens with one attached hydrogen (secondary N) is 2. The van der Waals surface area contributed by atoms with Gasteiger partial charge in [-0.3, -0.25) is 43.2 Å². The van der Waals surface area contributed by atoms with Crippen LogP contribution in [0.2, 0.25) is 0 Å². The third-order valence-corrected chi connectivity index (χ3v) is 14.8. The number of ether oxygens (including phenoxy) is 1. The molecule has 3 atom stereocenters. The third kappa shape index (κ3) is 6.96. The predicted molar refractivity (Wildman–Crippen MR) is 227 cm³/mol. The van der Waals surface area contributed by atoms with Crippen molar-refractivity contribution in [3.63, 3.8) is 0 Å². The maximum Gasteiger partial charge on any atom is 0.329 e. The number of morpholine rings is 1. The first-order valence-electron chi connectivity index (χ1n) is 22.4.